The molecule has 0 heterocycles. The molecule has 0 fully saturated rings. The van der Waals surface area contributed by atoms with Crippen molar-refractivity contribution in [2.24, 2.45) is 0 Å². The molecule has 0 radical (unpaired) electrons. The minimum Gasteiger partial charge on any atom is -0.289 e. The van der Waals surface area contributed by atoms with E-state index in [9.17, 15) is 0 Å². The Morgan fingerprint density at radius 3 is 2.00 bits per heavy atom. The molecule has 0 aliphatic carbocycles. The molecule has 0 atom stereocenters. The first-order valence-corrected chi connectivity index (χ1v) is 0.748. The van der Waals surface area contributed by atoms with Gasteiger partial charge in [-0.2, -0.15) is 0 Å². The maximum Gasteiger partial charge on any atom is 0.230 e. The molecular weight excluding hydrogens is 117 g/mol. The summed E-state index contributed by atoms with van der Waals surface area (Å²) in [6.07, 6.45) is 0.181. The van der Waals surface area contributed by atoms with Crippen molar-refractivity contribution in [2.75, 3.05) is 0 Å². The van der Waals surface area contributed by atoms with E-state index in [2.05, 4.69) is 0 Å². The molecule has 34 valence electrons. The van der Waals surface area contributed by atoms with E-state index in [0.717, 1.165) is 0 Å². The third kappa shape index (κ3) is 17.0. The molecule has 4 heteroatoms. The fourth-order valence-corrected chi connectivity index (χ4v) is 0. The molecule has 1 amide bonds. The summed E-state index contributed by atoms with van der Waals surface area (Å²) in [5, 5.41) is 7.26. The summed E-state index contributed by atoms with van der Waals surface area (Å²) in [4.78, 5) is 8.81. The van der Waals surface area contributed by atoms with Gasteiger partial charge in [0.1, 0.15) is 0 Å². The Morgan fingerprint density at radius 2 is 2.00 bits per heavy atom. The van der Waals surface area contributed by atoms with Crippen LogP contribution in [0.1, 0.15) is 0 Å². The van der Waals surface area contributed by atoms with Gasteiger partial charge >= 0.3 is 0 Å². The SMILES string of the molecule is O=CNO.[Ni]. The van der Waals surface area contributed by atoms with E-state index in [-0.39, 0.29) is 22.9 Å². The van der Waals surface area contributed by atoms with E-state index in [4.69, 9.17) is 10.0 Å². The van der Waals surface area contributed by atoms with Crippen LogP contribution in [0.15, 0.2) is 0 Å². The van der Waals surface area contributed by atoms with Gasteiger partial charge in [0.15, 0.2) is 0 Å². The van der Waals surface area contributed by atoms with Gasteiger partial charge in [-0.25, -0.2) is 5.48 Å². The molecule has 0 saturated heterocycles. The third-order valence-electron chi connectivity index (χ3n) is 0.0527. The second kappa shape index (κ2) is 9.06. The van der Waals surface area contributed by atoms with Gasteiger partial charge in [0.25, 0.3) is 0 Å². The molecule has 0 aliphatic rings. The first-order chi connectivity index (χ1) is 1.91. The molecular formula is CH3NNiO2. The Hall–Kier alpha value is -0.0765. The van der Waals surface area contributed by atoms with Crippen molar-refractivity contribution in [1.82, 2.24) is 5.48 Å². The van der Waals surface area contributed by atoms with Crippen LogP contribution < -0.4 is 5.48 Å². The molecule has 0 aromatic heterocycles. The summed E-state index contributed by atoms with van der Waals surface area (Å²) in [5.41, 5.74) is 1.25. The molecule has 0 aromatic carbocycles. The Morgan fingerprint density at radius 1 is 1.80 bits per heavy atom. The van der Waals surface area contributed by atoms with Gasteiger partial charge in [0.05, 0.1) is 0 Å². The van der Waals surface area contributed by atoms with Crippen molar-refractivity contribution in [3.8, 4) is 0 Å². The van der Waals surface area contributed by atoms with Gasteiger partial charge in [0.2, 0.25) is 6.41 Å². The van der Waals surface area contributed by atoms with Crippen molar-refractivity contribution in [3.05, 3.63) is 0 Å². The molecule has 0 unspecified atom stereocenters. The summed E-state index contributed by atoms with van der Waals surface area (Å²) in [6.45, 7) is 0. The van der Waals surface area contributed by atoms with Crippen molar-refractivity contribution in [1.29, 1.82) is 0 Å². The summed E-state index contributed by atoms with van der Waals surface area (Å²) in [7, 11) is 0. The van der Waals surface area contributed by atoms with Gasteiger partial charge in [-0.1, -0.05) is 0 Å². The van der Waals surface area contributed by atoms with Gasteiger partial charge in [-0.15, -0.1) is 0 Å². The number of nitrogens with one attached hydrogen (secondary N) is 1. The van der Waals surface area contributed by atoms with Crippen LogP contribution in [0.5, 0.6) is 0 Å². The van der Waals surface area contributed by atoms with E-state index in [0.29, 0.717) is 0 Å². The zero-order chi connectivity index (χ0) is 3.41. The van der Waals surface area contributed by atoms with Crippen LogP contribution in [-0.4, -0.2) is 11.6 Å². The number of amides is 1. The molecule has 0 spiro atoms. The molecule has 2 N–H and O–H groups in total. The zero-order valence-electron chi connectivity index (χ0n) is 2.25. The molecule has 0 aliphatic heterocycles. The van der Waals surface area contributed by atoms with Gasteiger partial charge < -0.3 is 0 Å². The molecule has 0 saturated carbocycles. The van der Waals surface area contributed by atoms with Crippen LogP contribution in [-0.2, 0) is 21.3 Å². The van der Waals surface area contributed by atoms with E-state index in [1.807, 2.05) is 0 Å². The van der Waals surface area contributed by atoms with Crippen LogP contribution in [0, 0.1) is 0 Å². The zero-order valence-corrected chi connectivity index (χ0v) is 3.24. The van der Waals surface area contributed by atoms with Crippen LogP contribution in [0.4, 0.5) is 0 Å². The quantitative estimate of drug-likeness (QED) is 0.204. The topological polar surface area (TPSA) is 49.3 Å². The molecule has 0 aromatic rings. The maximum absolute atomic E-state index is 8.81. The van der Waals surface area contributed by atoms with E-state index in [1.54, 1.807) is 0 Å². The number of carbonyl (C=O) groups is 1. The fraction of sp³-hybridized carbons (Fsp3) is 0. The number of carbonyl (C=O) groups excluding carboxylic acids is 1. The van der Waals surface area contributed by atoms with Crippen molar-refractivity contribution in [2.45, 2.75) is 0 Å². The number of rotatable bonds is 1. The molecule has 0 rings (SSSR count). The summed E-state index contributed by atoms with van der Waals surface area (Å²) < 4.78 is 0. The van der Waals surface area contributed by atoms with E-state index in [1.165, 1.54) is 5.48 Å². The van der Waals surface area contributed by atoms with Gasteiger partial charge in [-0.05, 0) is 0 Å². The second-order valence-corrected chi connectivity index (χ2v) is 0.247. The monoisotopic (exact) mass is 119 g/mol. The first kappa shape index (κ1) is 8.87. The Labute approximate surface area is 39.2 Å². The Balaban J connectivity index is 0. The molecule has 0 bridgehead atoms. The van der Waals surface area contributed by atoms with Crippen molar-refractivity contribution in [3.63, 3.8) is 0 Å². The van der Waals surface area contributed by atoms with E-state index >= 15 is 0 Å². The molecule has 3 nitrogen and oxygen atoms in total. The van der Waals surface area contributed by atoms with E-state index < -0.39 is 0 Å². The normalized spacial score (nSPS) is 4.20. The first-order valence-electron chi connectivity index (χ1n) is 0.748. The summed E-state index contributed by atoms with van der Waals surface area (Å²) in [6, 6.07) is 0. The largest absolute Gasteiger partial charge is 0.289 e. The second-order valence-electron chi connectivity index (χ2n) is 0.247. The Kier molecular flexibility index (Phi) is 16.1. The van der Waals surface area contributed by atoms with Crippen molar-refractivity contribution >= 4 is 6.41 Å². The average Bonchev–Trinajstić information content (AvgIpc) is 1.37. The summed E-state index contributed by atoms with van der Waals surface area (Å²) in [5.74, 6) is 0. The van der Waals surface area contributed by atoms with Gasteiger partial charge in [0, 0.05) is 16.5 Å². The predicted molar refractivity (Wildman–Crippen MR) is 11.0 cm³/mol. The number of hydrogen-bond acceptors (Lipinski definition) is 2. The maximum atomic E-state index is 8.81. The smallest absolute Gasteiger partial charge is 0.230 e. The Bertz CT molecular complexity index is 23.6. The minimum absolute atomic E-state index is 0. The van der Waals surface area contributed by atoms with Crippen molar-refractivity contribution < 1.29 is 26.5 Å². The third-order valence-corrected chi connectivity index (χ3v) is 0.0527. The number of hydroxylamine groups is 1. The predicted octanol–water partition coefficient (Wildman–Crippen LogP) is -0.881. The fourth-order valence-electron chi connectivity index (χ4n) is 0. The standard InChI is InChI=1S/CH3NO2.Ni/c3-1-2-4;/h1,4H,(H,2,3);. The van der Waals surface area contributed by atoms with Crippen LogP contribution in [0.2, 0.25) is 0 Å². The minimum atomic E-state index is 0. The molecule has 5 heavy (non-hydrogen) atoms. The van der Waals surface area contributed by atoms with Crippen LogP contribution in [0.3, 0.4) is 0 Å². The average molecular weight is 120 g/mol. The summed E-state index contributed by atoms with van der Waals surface area (Å²) >= 11 is 0. The van der Waals surface area contributed by atoms with Gasteiger partial charge in [-0.3, -0.25) is 10.0 Å². The van der Waals surface area contributed by atoms with Crippen LogP contribution >= 0.6 is 0 Å². The number of hydrogen-bond donors (Lipinski definition) is 2. The van der Waals surface area contributed by atoms with Crippen LogP contribution in [0.25, 0.3) is 0 Å².